The topological polar surface area (TPSA) is 64.2 Å². The molecule has 4 fully saturated rings. The lowest BCUT2D eigenvalue weighted by Gasteiger charge is -2.65. The number of furan rings is 1. The number of hydrogen-bond donors (Lipinski definition) is 1. The van der Waals surface area contributed by atoms with Gasteiger partial charge in [-0.2, -0.15) is 0 Å². The van der Waals surface area contributed by atoms with Crippen LogP contribution in [-0.2, 0) is 11.3 Å². The molecule has 1 amide bonds. The zero-order chi connectivity index (χ0) is 22.8. The number of hydrogen-bond acceptors (Lipinski definition) is 3. The summed E-state index contributed by atoms with van der Waals surface area (Å²) in [5.74, 6) is 1.59. The molecular weight excluding hydrogens is 412 g/mol. The van der Waals surface area contributed by atoms with Gasteiger partial charge >= 0.3 is 0 Å². The van der Waals surface area contributed by atoms with Gasteiger partial charge in [-0.25, -0.2) is 0 Å². The second-order valence-electron chi connectivity index (χ2n) is 11.9. The SMILES string of the molecule is CC12CC3CC(C)(C1)CC(CC(=O)Nc1cccc4c(=O)n(Cc5ccco5)ccc14)(C3)C2. The number of carbonyl (C=O) groups excluding carboxylic acids is 1. The smallest absolute Gasteiger partial charge is 0.258 e. The van der Waals surface area contributed by atoms with Crippen molar-refractivity contribution in [2.75, 3.05) is 5.32 Å². The number of rotatable bonds is 5. The minimum Gasteiger partial charge on any atom is -0.467 e. The Kier molecular flexibility index (Phi) is 4.46. The van der Waals surface area contributed by atoms with Gasteiger partial charge in [-0.15, -0.1) is 0 Å². The van der Waals surface area contributed by atoms with Gasteiger partial charge < -0.3 is 14.3 Å². The predicted octanol–water partition coefficient (Wildman–Crippen LogP) is 5.97. The second kappa shape index (κ2) is 7.09. The summed E-state index contributed by atoms with van der Waals surface area (Å²) in [5, 5.41) is 4.57. The first kappa shape index (κ1) is 20.8. The van der Waals surface area contributed by atoms with Crippen molar-refractivity contribution >= 4 is 22.4 Å². The van der Waals surface area contributed by atoms with E-state index in [4.69, 9.17) is 4.42 Å². The fourth-order valence-corrected chi connectivity index (χ4v) is 8.54. The molecule has 172 valence electrons. The molecule has 4 bridgehead atoms. The number of carbonyl (C=O) groups is 1. The van der Waals surface area contributed by atoms with Crippen molar-refractivity contribution in [1.29, 1.82) is 0 Å². The molecule has 1 N–H and O–H groups in total. The maximum Gasteiger partial charge on any atom is 0.258 e. The Bertz CT molecular complexity index is 1270. The van der Waals surface area contributed by atoms with Crippen LogP contribution in [0.5, 0.6) is 0 Å². The Morgan fingerprint density at radius 2 is 1.82 bits per heavy atom. The lowest BCUT2D eigenvalue weighted by atomic mass is 9.40. The molecule has 0 aliphatic heterocycles. The van der Waals surface area contributed by atoms with E-state index < -0.39 is 0 Å². The normalized spacial score (nSPS) is 32.4. The quantitative estimate of drug-likeness (QED) is 0.527. The zero-order valence-corrected chi connectivity index (χ0v) is 19.5. The molecule has 2 atom stereocenters. The van der Waals surface area contributed by atoms with Gasteiger partial charge in [0.2, 0.25) is 5.91 Å². The molecule has 2 heterocycles. The van der Waals surface area contributed by atoms with Crippen molar-refractivity contribution in [1.82, 2.24) is 4.57 Å². The largest absolute Gasteiger partial charge is 0.467 e. The summed E-state index contributed by atoms with van der Waals surface area (Å²) in [6.45, 7) is 5.28. The summed E-state index contributed by atoms with van der Waals surface area (Å²) in [7, 11) is 0. The van der Waals surface area contributed by atoms with E-state index in [0.29, 0.717) is 29.2 Å². The molecule has 0 radical (unpaired) electrons. The Balaban J connectivity index is 1.25. The number of nitrogens with zero attached hydrogens (tertiary/aromatic N) is 1. The Labute approximate surface area is 194 Å². The van der Waals surface area contributed by atoms with Gasteiger partial charge in [0.15, 0.2) is 0 Å². The second-order valence-corrected chi connectivity index (χ2v) is 11.9. The minimum absolute atomic E-state index is 0.0800. The number of pyridine rings is 1. The lowest BCUT2D eigenvalue weighted by molar-refractivity contribution is -0.153. The average molecular weight is 445 g/mol. The third-order valence-electron chi connectivity index (χ3n) is 8.48. The number of fused-ring (bicyclic) bond motifs is 1. The van der Waals surface area contributed by atoms with E-state index in [-0.39, 0.29) is 16.9 Å². The fourth-order valence-electron chi connectivity index (χ4n) is 8.54. The molecule has 4 aliphatic rings. The van der Waals surface area contributed by atoms with Gasteiger partial charge in [0.05, 0.1) is 12.8 Å². The van der Waals surface area contributed by atoms with Crippen LogP contribution in [0.15, 0.2) is 58.1 Å². The van der Waals surface area contributed by atoms with Crippen molar-refractivity contribution in [2.45, 2.75) is 65.3 Å². The van der Waals surface area contributed by atoms with Crippen LogP contribution in [0.4, 0.5) is 5.69 Å². The van der Waals surface area contributed by atoms with Crippen LogP contribution in [-0.4, -0.2) is 10.5 Å². The molecule has 7 rings (SSSR count). The third-order valence-corrected chi connectivity index (χ3v) is 8.48. The number of aromatic nitrogens is 1. The first-order valence-corrected chi connectivity index (χ1v) is 12.2. The summed E-state index contributed by atoms with van der Waals surface area (Å²) in [5.41, 5.74) is 1.57. The number of nitrogens with one attached hydrogen (secondary N) is 1. The van der Waals surface area contributed by atoms with Crippen LogP contribution in [0.25, 0.3) is 10.8 Å². The lowest BCUT2D eigenvalue weighted by Crippen LogP contribution is -2.55. The monoisotopic (exact) mass is 444 g/mol. The van der Waals surface area contributed by atoms with Crippen molar-refractivity contribution in [2.24, 2.45) is 22.2 Å². The van der Waals surface area contributed by atoms with E-state index in [9.17, 15) is 9.59 Å². The molecule has 4 saturated carbocycles. The molecule has 0 saturated heterocycles. The molecule has 2 aromatic heterocycles. The standard InChI is InChI=1S/C28H32N2O3/c1-26-11-19-12-27(2,16-26)18-28(13-19,17-26)14-24(31)29-23-7-3-6-22-21(23)8-9-30(25(22)32)15-20-5-4-10-33-20/h3-10,19H,11-18H2,1-2H3,(H,29,31). The summed E-state index contributed by atoms with van der Waals surface area (Å²) >= 11 is 0. The van der Waals surface area contributed by atoms with Crippen LogP contribution < -0.4 is 10.9 Å². The minimum atomic E-state index is -0.0815. The van der Waals surface area contributed by atoms with Crippen LogP contribution in [0.3, 0.4) is 0 Å². The molecule has 33 heavy (non-hydrogen) atoms. The van der Waals surface area contributed by atoms with E-state index in [1.165, 1.54) is 38.5 Å². The van der Waals surface area contributed by atoms with Crippen molar-refractivity contribution in [3.05, 3.63) is 65.0 Å². The Morgan fingerprint density at radius 3 is 2.52 bits per heavy atom. The Morgan fingerprint density at radius 1 is 1.03 bits per heavy atom. The number of amides is 1. The molecule has 2 unspecified atom stereocenters. The molecular formula is C28H32N2O3. The van der Waals surface area contributed by atoms with E-state index >= 15 is 0 Å². The van der Waals surface area contributed by atoms with Crippen molar-refractivity contribution in [3.8, 4) is 0 Å². The molecule has 3 aromatic rings. The van der Waals surface area contributed by atoms with Crippen LogP contribution in [0, 0.1) is 22.2 Å². The summed E-state index contributed by atoms with van der Waals surface area (Å²) in [6.07, 6.45) is 11.5. The van der Waals surface area contributed by atoms with Crippen molar-refractivity contribution < 1.29 is 9.21 Å². The van der Waals surface area contributed by atoms with Gasteiger partial charge in [0.1, 0.15) is 5.76 Å². The summed E-state index contributed by atoms with van der Waals surface area (Å²) < 4.78 is 7.04. The highest BCUT2D eigenvalue weighted by Crippen LogP contribution is 2.70. The predicted molar refractivity (Wildman–Crippen MR) is 129 cm³/mol. The molecule has 0 spiro atoms. The van der Waals surface area contributed by atoms with E-state index in [0.717, 1.165) is 22.8 Å². The van der Waals surface area contributed by atoms with Gasteiger partial charge in [0.25, 0.3) is 5.56 Å². The number of anilines is 1. The highest BCUT2D eigenvalue weighted by atomic mass is 16.3. The van der Waals surface area contributed by atoms with Gasteiger partial charge in [-0.1, -0.05) is 19.9 Å². The van der Waals surface area contributed by atoms with Crippen LogP contribution in [0.1, 0.15) is 64.6 Å². The summed E-state index contributed by atoms with van der Waals surface area (Å²) in [4.78, 5) is 26.4. The zero-order valence-electron chi connectivity index (χ0n) is 19.5. The van der Waals surface area contributed by atoms with Gasteiger partial charge in [-0.3, -0.25) is 9.59 Å². The first-order chi connectivity index (χ1) is 15.7. The summed E-state index contributed by atoms with van der Waals surface area (Å²) in [6, 6.07) is 11.2. The van der Waals surface area contributed by atoms with E-state index in [1.807, 2.05) is 36.4 Å². The maximum absolute atomic E-state index is 13.3. The Hall–Kier alpha value is -2.82. The number of benzene rings is 1. The van der Waals surface area contributed by atoms with Crippen molar-refractivity contribution in [3.63, 3.8) is 0 Å². The van der Waals surface area contributed by atoms with Gasteiger partial charge in [0, 0.05) is 29.1 Å². The van der Waals surface area contributed by atoms with Gasteiger partial charge in [-0.05, 0) is 91.0 Å². The first-order valence-electron chi connectivity index (χ1n) is 12.2. The molecule has 5 heteroatoms. The molecule has 4 aliphatic carbocycles. The highest BCUT2D eigenvalue weighted by Gasteiger charge is 2.60. The average Bonchev–Trinajstić information content (AvgIpc) is 3.20. The van der Waals surface area contributed by atoms with E-state index in [2.05, 4.69) is 19.2 Å². The fraction of sp³-hybridized carbons (Fsp3) is 0.500. The molecule has 5 nitrogen and oxygen atoms in total. The van der Waals surface area contributed by atoms with Crippen LogP contribution in [0.2, 0.25) is 0 Å². The van der Waals surface area contributed by atoms with E-state index in [1.54, 1.807) is 17.0 Å². The highest BCUT2D eigenvalue weighted by molar-refractivity contribution is 6.02. The van der Waals surface area contributed by atoms with Crippen LogP contribution >= 0.6 is 0 Å². The molecule has 1 aromatic carbocycles. The maximum atomic E-state index is 13.3. The third kappa shape index (κ3) is 3.62.